The summed E-state index contributed by atoms with van der Waals surface area (Å²) in [4.78, 5) is 20.7. The third kappa shape index (κ3) is 7.34. The number of allylic oxidation sites excluding steroid dienone is 12. The Kier molecular flexibility index (Phi) is 10.3. The SMILES string of the molecule is OB(O)c1ccc(C2=C3C=CC(=N3)C(c3ccc(B(O)O)cc3)=C3C=CC(=N3)C(c3ccc(B(O)O)cc3)=C3C=CC(=N3)C(c3ccc(B(O)O)cc3)=C3C=CC2=N3)cc1. The summed E-state index contributed by atoms with van der Waals surface area (Å²) in [7, 11) is -6.63. The van der Waals surface area contributed by atoms with Gasteiger partial charge < -0.3 is 40.2 Å². The van der Waals surface area contributed by atoms with Gasteiger partial charge in [0.1, 0.15) is 0 Å². The zero-order valence-electron chi connectivity index (χ0n) is 31.5. The lowest BCUT2D eigenvalue weighted by atomic mass is 9.79. The van der Waals surface area contributed by atoms with Gasteiger partial charge in [0, 0.05) is 22.3 Å². The van der Waals surface area contributed by atoms with Crippen LogP contribution in [0, 0.1) is 0 Å². The molecule has 0 unspecified atom stereocenters. The van der Waals surface area contributed by atoms with E-state index in [0.29, 0.717) is 112 Å². The number of hydrogen-bond acceptors (Lipinski definition) is 12. The van der Waals surface area contributed by atoms with E-state index >= 15 is 0 Å². The molecule has 0 aromatic heterocycles. The molecule has 0 aliphatic carbocycles. The van der Waals surface area contributed by atoms with Crippen molar-refractivity contribution < 1.29 is 40.2 Å². The van der Waals surface area contributed by atoms with E-state index in [2.05, 4.69) is 0 Å². The van der Waals surface area contributed by atoms with E-state index < -0.39 is 28.5 Å². The highest BCUT2D eigenvalue weighted by molar-refractivity contribution is 6.60. The smallest absolute Gasteiger partial charge is 0.423 e. The number of nitrogens with zero attached hydrogens (tertiary/aromatic N) is 4. The highest BCUT2D eigenvalue weighted by atomic mass is 16.4. The van der Waals surface area contributed by atoms with E-state index in [0.717, 1.165) is 0 Å². The third-order valence-corrected chi connectivity index (χ3v) is 10.6. The minimum atomic E-state index is -1.66. The van der Waals surface area contributed by atoms with Crippen molar-refractivity contribution in [2.75, 3.05) is 0 Å². The van der Waals surface area contributed by atoms with Crippen LogP contribution in [0.5, 0.6) is 0 Å². The minimum Gasteiger partial charge on any atom is -0.423 e. The second-order valence-corrected chi connectivity index (χ2v) is 14.3. The van der Waals surface area contributed by atoms with Crippen LogP contribution in [0.3, 0.4) is 0 Å². The van der Waals surface area contributed by atoms with Crippen LogP contribution in [-0.2, 0) is 0 Å². The molecule has 12 nitrogen and oxygen atoms in total. The number of benzene rings is 4. The molecule has 60 heavy (non-hydrogen) atoms. The van der Waals surface area contributed by atoms with Crippen molar-refractivity contribution in [1.29, 1.82) is 0 Å². The summed E-state index contributed by atoms with van der Waals surface area (Å²) in [6.07, 6.45) is 15.0. The maximum absolute atomic E-state index is 9.88. The van der Waals surface area contributed by atoms with Gasteiger partial charge in [0.25, 0.3) is 0 Å². The molecule has 9 rings (SSSR count). The highest BCUT2D eigenvalue weighted by Crippen LogP contribution is 2.38. The van der Waals surface area contributed by atoms with E-state index in [1.807, 2.05) is 48.6 Å². The Bertz CT molecular complexity index is 2440. The van der Waals surface area contributed by atoms with Gasteiger partial charge in [-0.15, -0.1) is 0 Å². The van der Waals surface area contributed by atoms with Crippen molar-refractivity contribution in [1.82, 2.24) is 0 Å². The average Bonchev–Trinajstić information content (AvgIpc) is 4.10. The summed E-state index contributed by atoms with van der Waals surface area (Å²) < 4.78 is 0. The maximum atomic E-state index is 9.88. The first-order valence-corrected chi connectivity index (χ1v) is 18.9. The van der Waals surface area contributed by atoms with E-state index in [-0.39, 0.29) is 0 Å². The van der Waals surface area contributed by atoms with Crippen LogP contribution < -0.4 is 21.9 Å². The zero-order chi connectivity index (χ0) is 41.7. The van der Waals surface area contributed by atoms with E-state index in [1.54, 1.807) is 97.1 Å². The van der Waals surface area contributed by atoms with Crippen LogP contribution in [0.1, 0.15) is 22.3 Å². The van der Waals surface area contributed by atoms with Crippen molar-refractivity contribution in [3.63, 3.8) is 0 Å². The Labute approximate surface area is 345 Å². The van der Waals surface area contributed by atoms with Crippen molar-refractivity contribution in [2.24, 2.45) is 20.0 Å². The third-order valence-electron chi connectivity index (χ3n) is 10.6. The van der Waals surface area contributed by atoms with Crippen LogP contribution in [0.4, 0.5) is 0 Å². The molecule has 8 N–H and O–H groups in total. The molecule has 0 fully saturated rings. The van der Waals surface area contributed by atoms with Crippen LogP contribution in [0.25, 0.3) is 22.3 Å². The monoisotopic (exact) mass is 788 g/mol. The van der Waals surface area contributed by atoms with Crippen molar-refractivity contribution >= 4 is 95.5 Å². The largest absolute Gasteiger partial charge is 0.488 e. The van der Waals surface area contributed by atoms with E-state index in [4.69, 9.17) is 20.0 Å². The second kappa shape index (κ2) is 15.9. The fourth-order valence-electron chi connectivity index (χ4n) is 7.56. The van der Waals surface area contributed by atoms with Gasteiger partial charge in [-0.25, -0.2) is 20.0 Å². The molecule has 4 aromatic rings. The molecule has 5 aliphatic heterocycles. The molecule has 288 valence electrons. The first-order valence-electron chi connectivity index (χ1n) is 18.9. The van der Waals surface area contributed by atoms with Crippen molar-refractivity contribution in [2.45, 2.75) is 0 Å². The van der Waals surface area contributed by atoms with Crippen LogP contribution >= 0.6 is 0 Å². The minimum absolute atomic E-state index is 0.313. The Morgan fingerprint density at radius 2 is 0.433 bits per heavy atom. The van der Waals surface area contributed by atoms with Gasteiger partial charge in [0.05, 0.1) is 45.6 Å². The lowest BCUT2D eigenvalue weighted by Gasteiger charge is -2.13. The zero-order valence-corrected chi connectivity index (χ0v) is 31.5. The number of hydrogen-bond donors (Lipinski definition) is 8. The fourth-order valence-corrected chi connectivity index (χ4v) is 7.56. The summed E-state index contributed by atoms with van der Waals surface area (Å²) >= 11 is 0. The summed E-state index contributed by atoms with van der Waals surface area (Å²) in [5.41, 5.74) is 11.3. The molecule has 0 atom stereocenters. The summed E-state index contributed by atoms with van der Waals surface area (Å²) in [5, 5.41) is 79.0. The van der Waals surface area contributed by atoms with Crippen LogP contribution in [0.15, 0.2) is 188 Å². The Morgan fingerprint density at radius 1 is 0.250 bits per heavy atom. The number of aliphatic imine (C=N–C) groups is 4. The molecule has 8 bridgehead atoms. The quantitative estimate of drug-likeness (QED) is 0.117. The lowest BCUT2D eigenvalue weighted by molar-refractivity contribution is 0.424. The molecule has 5 aliphatic rings. The molecule has 5 heterocycles. The molecule has 4 aromatic carbocycles. The van der Waals surface area contributed by atoms with Gasteiger partial charge in [-0.3, -0.25) is 0 Å². The van der Waals surface area contributed by atoms with Crippen molar-refractivity contribution in [3.8, 4) is 0 Å². The molecule has 0 saturated heterocycles. The van der Waals surface area contributed by atoms with Crippen LogP contribution in [-0.4, -0.2) is 91.5 Å². The molecule has 0 saturated carbocycles. The van der Waals surface area contributed by atoms with E-state index in [9.17, 15) is 40.2 Å². The van der Waals surface area contributed by atoms with Gasteiger partial charge >= 0.3 is 28.5 Å². The van der Waals surface area contributed by atoms with Gasteiger partial charge in [0.15, 0.2) is 0 Å². The number of rotatable bonds is 8. The number of fused-ring (bicyclic) bond motifs is 4. The van der Waals surface area contributed by atoms with E-state index in [1.165, 1.54) is 0 Å². The lowest BCUT2D eigenvalue weighted by Crippen LogP contribution is -2.29. The predicted molar refractivity (Wildman–Crippen MR) is 239 cm³/mol. The molecular formula is C44H32B4N4O8. The van der Waals surface area contributed by atoms with Crippen LogP contribution in [0.2, 0.25) is 0 Å². The second-order valence-electron chi connectivity index (χ2n) is 14.3. The topological polar surface area (TPSA) is 211 Å². The summed E-state index contributed by atoms with van der Waals surface area (Å²) in [6, 6.07) is 27.2. The Hall–Kier alpha value is -6.58. The molecule has 0 amide bonds. The maximum Gasteiger partial charge on any atom is 0.488 e. The van der Waals surface area contributed by atoms with Gasteiger partial charge in [-0.2, -0.15) is 0 Å². The van der Waals surface area contributed by atoms with Gasteiger partial charge in [0.2, 0.25) is 0 Å². The summed E-state index contributed by atoms with van der Waals surface area (Å²) in [6.45, 7) is 0. The normalized spacial score (nSPS) is 16.5. The standard InChI is InChI=1S/C44H32B4N4O8/c53-45(54)29-9-1-25(2-10-29)41-33-17-19-35(49-33)42(26-3-11-30(12-4-26)46(55)56)37-21-23-39(51-37)44(28-7-15-32(16-8-28)48(59)60)40-24-22-38(52-40)43(36-20-18-34(41)50-36)27-5-13-31(14-6-27)47(57)58/h1-24,53-60H. The Balaban J connectivity index is 1.33. The molecular weight excluding hydrogens is 756 g/mol. The van der Waals surface area contributed by atoms with Crippen molar-refractivity contribution in [3.05, 3.63) is 191 Å². The average molecular weight is 788 g/mol. The molecule has 0 spiro atoms. The highest BCUT2D eigenvalue weighted by Gasteiger charge is 2.28. The predicted octanol–water partition coefficient (Wildman–Crippen LogP) is 0.408. The fraction of sp³-hybridized carbons (Fsp3) is 0. The first kappa shape index (κ1) is 38.9. The molecule has 16 heteroatoms. The molecule has 0 radical (unpaired) electrons. The summed E-state index contributed by atoms with van der Waals surface area (Å²) in [5.74, 6) is 0. The van der Waals surface area contributed by atoms with Gasteiger partial charge in [-0.1, -0.05) is 97.1 Å². The first-order chi connectivity index (χ1) is 29.0. The Morgan fingerprint density at radius 3 is 0.600 bits per heavy atom. The van der Waals surface area contributed by atoms with Gasteiger partial charge in [-0.05, 0) is 92.7 Å².